The zero-order valence-electron chi connectivity index (χ0n) is 8.79. The molecule has 0 atom stereocenters. The van der Waals surface area contributed by atoms with Gasteiger partial charge in [0.25, 0.3) is 0 Å². The van der Waals surface area contributed by atoms with Gasteiger partial charge in [0.2, 0.25) is 0 Å². The van der Waals surface area contributed by atoms with E-state index in [2.05, 4.69) is 4.98 Å². The van der Waals surface area contributed by atoms with E-state index >= 15 is 0 Å². The molecule has 0 amide bonds. The number of rotatable bonds is 2. The minimum Gasteiger partial charge on any atom is -0.256 e. The molecule has 0 N–H and O–H groups in total. The van der Waals surface area contributed by atoms with E-state index < -0.39 is 9.84 Å². The van der Waals surface area contributed by atoms with Crippen LogP contribution >= 0.6 is 0 Å². The summed E-state index contributed by atoms with van der Waals surface area (Å²) >= 11 is 0. The average molecular weight is 233 g/mol. The van der Waals surface area contributed by atoms with Crippen molar-refractivity contribution in [3.05, 3.63) is 48.7 Å². The van der Waals surface area contributed by atoms with Crippen molar-refractivity contribution in [1.29, 1.82) is 0 Å². The first-order valence-corrected chi connectivity index (χ1v) is 6.68. The summed E-state index contributed by atoms with van der Waals surface area (Å²) in [5, 5.41) is 0. The minimum atomic E-state index is -3.16. The van der Waals surface area contributed by atoms with E-state index in [4.69, 9.17) is 0 Å². The highest BCUT2D eigenvalue weighted by atomic mass is 32.2. The number of hydrogen-bond donors (Lipinski definition) is 0. The lowest BCUT2D eigenvalue weighted by Crippen LogP contribution is -1.97. The molecule has 1 aromatic heterocycles. The van der Waals surface area contributed by atoms with E-state index in [-0.39, 0.29) is 0 Å². The number of hydrogen-bond acceptors (Lipinski definition) is 3. The van der Waals surface area contributed by atoms with Gasteiger partial charge >= 0.3 is 0 Å². The third-order valence-electron chi connectivity index (χ3n) is 2.22. The monoisotopic (exact) mass is 233 g/mol. The van der Waals surface area contributed by atoms with Crippen molar-refractivity contribution in [3.8, 4) is 11.3 Å². The van der Waals surface area contributed by atoms with Crippen LogP contribution in [0.2, 0.25) is 0 Å². The van der Waals surface area contributed by atoms with Gasteiger partial charge in [0, 0.05) is 18.0 Å². The van der Waals surface area contributed by atoms with E-state index in [1.165, 1.54) is 6.26 Å². The van der Waals surface area contributed by atoms with Crippen LogP contribution in [-0.2, 0) is 9.84 Å². The highest BCUT2D eigenvalue weighted by Crippen LogP contribution is 2.20. The van der Waals surface area contributed by atoms with E-state index in [1.54, 1.807) is 24.4 Å². The molecule has 1 aromatic carbocycles. The van der Waals surface area contributed by atoms with Gasteiger partial charge in [-0.2, -0.15) is 0 Å². The predicted octanol–water partition coefficient (Wildman–Crippen LogP) is 2.15. The van der Waals surface area contributed by atoms with Gasteiger partial charge in [0.05, 0.1) is 10.6 Å². The van der Waals surface area contributed by atoms with Crippen molar-refractivity contribution < 1.29 is 8.42 Å². The second-order valence-corrected chi connectivity index (χ2v) is 5.53. The Bertz CT molecular complexity index is 591. The highest BCUT2D eigenvalue weighted by molar-refractivity contribution is 7.90. The average Bonchev–Trinajstić information content (AvgIpc) is 2.29. The maximum atomic E-state index is 11.4. The van der Waals surface area contributed by atoms with Gasteiger partial charge in [-0.15, -0.1) is 0 Å². The van der Waals surface area contributed by atoms with Crippen molar-refractivity contribution >= 4 is 9.84 Å². The maximum Gasteiger partial charge on any atom is 0.175 e. The fourth-order valence-corrected chi connectivity index (χ4v) is 2.09. The molecule has 0 fully saturated rings. The van der Waals surface area contributed by atoms with Crippen LogP contribution in [0, 0.1) is 0 Å². The first kappa shape index (κ1) is 10.8. The molecule has 82 valence electrons. The van der Waals surface area contributed by atoms with Crippen LogP contribution in [0.3, 0.4) is 0 Å². The van der Waals surface area contributed by atoms with Crippen molar-refractivity contribution in [2.24, 2.45) is 0 Å². The molecule has 2 rings (SSSR count). The first-order chi connectivity index (χ1) is 7.57. The van der Waals surface area contributed by atoms with Crippen LogP contribution in [0.4, 0.5) is 0 Å². The molecular weight excluding hydrogens is 222 g/mol. The fourth-order valence-electron chi connectivity index (χ4n) is 1.42. The van der Waals surface area contributed by atoms with Crippen molar-refractivity contribution in [2.75, 3.05) is 6.26 Å². The van der Waals surface area contributed by atoms with Gasteiger partial charge in [0.15, 0.2) is 9.84 Å². The van der Waals surface area contributed by atoms with Crippen molar-refractivity contribution in [1.82, 2.24) is 4.98 Å². The maximum absolute atomic E-state index is 11.4. The summed E-state index contributed by atoms with van der Waals surface area (Å²) in [6.07, 6.45) is 2.88. The van der Waals surface area contributed by atoms with Gasteiger partial charge in [-0.3, -0.25) is 4.98 Å². The lowest BCUT2D eigenvalue weighted by atomic mass is 10.1. The molecule has 2 aromatic rings. The summed E-state index contributed by atoms with van der Waals surface area (Å²) in [6.45, 7) is 0. The second-order valence-electron chi connectivity index (χ2n) is 3.51. The largest absolute Gasteiger partial charge is 0.256 e. The van der Waals surface area contributed by atoms with E-state index in [0.29, 0.717) is 4.90 Å². The highest BCUT2D eigenvalue weighted by Gasteiger charge is 2.08. The van der Waals surface area contributed by atoms with Crippen LogP contribution in [0.25, 0.3) is 11.3 Å². The summed E-state index contributed by atoms with van der Waals surface area (Å²) in [7, 11) is -3.16. The number of aromatic nitrogens is 1. The normalized spacial score (nSPS) is 11.3. The Labute approximate surface area is 94.7 Å². The Balaban J connectivity index is 2.53. The summed E-state index contributed by atoms with van der Waals surface area (Å²) in [5.41, 5.74) is 1.58. The molecule has 0 aliphatic rings. The van der Waals surface area contributed by atoms with Gasteiger partial charge in [-0.25, -0.2) is 8.42 Å². The number of nitrogens with zero attached hydrogens (tertiary/aromatic N) is 1. The molecule has 1 heterocycles. The topological polar surface area (TPSA) is 47.0 Å². The molecule has 0 radical (unpaired) electrons. The Kier molecular flexibility index (Phi) is 2.75. The summed E-state index contributed by atoms with van der Waals surface area (Å²) in [6, 6.07) is 12.3. The standard InChI is InChI=1S/C12H11NO2S/c1-16(14,15)11-6-4-5-10(9-11)12-7-2-3-8-13-12/h2-9H,1H3. The van der Waals surface area contributed by atoms with Crippen LogP contribution in [0.15, 0.2) is 53.6 Å². The smallest absolute Gasteiger partial charge is 0.175 e. The zero-order valence-corrected chi connectivity index (χ0v) is 9.61. The lowest BCUT2D eigenvalue weighted by Gasteiger charge is -2.02. The van der Waals surface area contributed by atoms with Gasteiger partial charge < -0.3 is 0 Å². The van der Waals surface area contributed by atoms with Crippen LogP contribution in [0.1, 0.15) is 0 Å². The molecule has 0 aliphatic carbocycles. The summed E-state index contributed by atoms with van der Waals surface area (Å²) in [4.78, 5) is 4.49. The molecule has 0 bridgehead atoms. The quantitative estimate of drug-likeness (QED) is 0.798. The SMILES string of the molecule is CS(=O)(=O)c1cccc(-c2ccccn2)c1. The number of pyridine rings is 1. The van der Waals surface area contributed by atoms with Crippen LogP contribution < -0.4 is 0 Å². The molecule has 0 spiro atoms. The van der Waals surface area contributed by atoms with Crippen LogP contribution in [0.5, 0.6) is 0 Å². The van der Waals surface area contributed by atoms with E-state index in [1.807, 2.05) is 24.3 Å². The second kappa shape index (κ2) is 4.06. The van der Waals surface area contributed by atoms with E-state index in [9.17, 15) is 8.42 Å². The van der Waals surface area contributed by atoms with Crippen molar-refractivity contribution in [2.45, 2.75) is 4.90 Å². The number of benzene rings is 1. The fraction of sp³-hybridized carbons (Fsp3) is 0.0833. The molecule has 4 heteroatoms. The first-order valence-electron chi connectivity index (χ1n) is 4.79. The molecule has 0 aliphatic heterocycles. The molecule has 0 saturated carbocycles. The van der Waals surface area contributed by atoms with Crippen molar-refractivity contribution in [3.63, 3.8) is 0 Å². The number of sulfone groups is 1. The van der Waals surface area contributed by atoms with Gasteiger partial charge in [-0.1, -0.05) is 18.2 Å². The zero-order chi connectivity index (χ0) is 11.6. The Morgan fingerprint density at radius 1 is 1.06 bits per heavy atom. The Morgan fingerprint density at radius 2 is 1.88 bits per heavy atom. The summed E-state index contributed by atoms with van der Waals surface area (Å²) < 4.78 is 22.8. The van der Waals surface area contributed by atoms with Crippen LogP contribution in [-0.4, -0.2) is 19.7 Å². The Hall–Kier alpha value is -1.68. The third-order valence-corrected chi connectivity index (χ3v) is 3.33. The molecule has 3 nitrogen and oxygen atoms in total. The molecule has 16 heavy (non-hydrogen) atoms. The third kappa shape index (κ3) is 2.28. The molecule has 0 unspecified atom stereocenters. The molecular formula is C12H11NO2S. The van der Waals surface area contributed by atoms with Gasteiger partial charge in [-0.05, 0) is 24.3 Å². The van der Waals surface area contributed by atoms with Gasteiger partial charge in [0.1, 0.15) is 0 Å². The Morgan fingerprint density at radius 3 is 2.50 bits per heavy atom. The van der Waals surface area contributed by atoms with E-state index in [0.717, 1.165) is 11.3 Å². The lowest BCUT2D eigenvalue weighted by molar-refractivity contribution is 0.602. The molecule has 0 saturated heterocycles. The minimum absolute atomic E-state index is 0.315. The summed E-state index contributed by atoms with van der Waals surface area (Å²) in [5.74, 6) is 0. The predicted molar refractivity (Wildman–Crippen MR) is 62.8 cm³/mol.